The maximum absolute atomic E-state index is 12.1. The van der Waals surface area contributed by atoms with Gasteiger partial charge < -0.3 is 14.4 Å². The molecule has 0 aliphatic carbocycles. The predicted octanol–water partition coefficient (Wildman–Crippen LogP) is 1.73. The molecule has 1 aliphatic heterocycles. The molecule has 1 aliphatic rings. The average molecular weight is 269 g/mol. The van der Waals surface area contributed by atoms with Crippen molar-refractivity contribution in [3.8, 4) is 0 Å². The summed E-state index contributed by atoms with van der Waals surface area (Å²) in [6.07, 6.45) is 0.463. The van der Waals surface area contributed by atoms with Crippen LogP contribution < -0.4 is 0 Å². The van der Waals surface area contributed by atoms with Gasteiger partial charge in [0.05, 0.1) is 0 Å². The highest BCUT2D eigenvalue weighted by Crippen LogP contribution is 2.19. The molecule has 1 aromatic rings. The van der Waals surface area contributed by atoms with Gasteiger partial charge in [0.25, 0.3) is 5.91 Å². The number of amides is 1. The number of carboxylic acid groups (broad SMARTS) is 1. The Hall–Kier alpha value is -1.43. The van der Waals surface area contributed by atoms with Gasteiger partial charge in [0.15, 0.2) is 5.76 Å². The van der Waals surface area contributed by atoms with Gasteiger partial charge in [-0.1, -0.05) is 6.92 Å². The predicted molar refractivity (Wildman–Crippen MR) is 68.3 cm³/mol. The molecule has 2 rings (SSSR count). The summed E-state index contributed by atoms with van der Waals surface area (Å²) in [6.45, 7) is 3.18. The second-order valence-corrected chi connectivity index (χ2v) is 5.24. The first-order valence-electron chi connectivity index (χ1n) is 5.86. The van der Waals surface area contributed by atoms with Gasteiger partial charge in [0, 0.05) is 37.1 Å². The molecule has 0 unspecified atom stereocenters. The number of carbonyl (C=O) groups excluding carboxylic acids is 1. The summed E-state index contributed by atoms with van der Waals surface area (Å²) in [6, 6.07) is 1.34. The number of furan rings is 1. The highest BCUT2D eigenvalue weighted by molar-refractivity contribution is 7.99. The lowest BCUT2D eigenvalue weighted by molar-refractivity contribution is 0.0692. The number of hydrogen-bond acceptors (Lipinski definition) is 4. The van der Waals surface area contributed by atoms with Crippen LogP contribution in [-0.2, 0) is 6.42 Å². The third-order valence-electron chi connectivity index (χ3n) is 2.87. The lowest BCUT2D eigenvalue weighted by Gasteiger charge is -2.25. The second-order valence-electron chi connectivity index (χ2n) is 4.01. The average Bonchev–Trinajstić information content (AvgIpc) is 2.83. The number of carboxylic acids is 1. The number of carbonyl (C=O) groups is 2. The molecule has 0 spiro atoms. The van der Waals surface area contributed by atoms with Crippen molar-refractivity contribution in [2.45, 2.75) is 13.3 Å². The summed E-state index contributed by atoms with van der Waals surface area (Å²) in [5.74, 6) is 1.06. The van der Waals surface area contributed by atoms with Crippen molar-refractivity contribution in [2.75, 3.05) is 24.6 Å². The van der Waals surface area contributed by atoms with E-state index in [-0.39, 0.29) is 17.2 Å². The van der Waals surface area contributed by atoms with Crippen LogP contribution in [0.25, 0.3) is 0 Å². The van der Waals surface area contributed by atoms with Gasteiger partial charge in [-0.3, -0.25) is 4.79 Å². The Morgan fingerprint density at radius 1 is 1.44 bits per heavy atom. The summed E-state index contributed by atoms with van der Waals surface area (Å²) in [7, 11) is 0. The first kappa shape index (κ1) is 13.0. The van der Waals surface area contributed by atoms with Crippen LogP contribution >= 0.6 is 11.8 Å². The Bertz CT molecular complexity index is 463. The van der Waals surface area contributed by atoms with Gasteiger partial charge in [-0.15, -0.1) is 0 Å². The minimum absolute atomic E-state index is 0.0900. The molecule has 1 saturated heterocycles. The smallest absolute Gasteiger partial charge is 0.339 e. The van der Waals surface area contributed by atoms with E-state index in [1.807, 2.05) is 11.8 Å². The molecule has 6 heteroatoms. The topological polar surface area (TPSA) is 70.8 Å². The zero-order chi connectivity index (χ0) is 13.1. The molecule has 1 fully saturated rings. The summed E-state index contributed by atoms with van der Waals surface area (Å²) >= 11 is 1.81. The van der Waals surface area contributed by atoms with Crippen molar-refractivity contribution in [2.24, 2.45) is 0 Å². The fourth-order valence-corrected chi connectivity index (χ4v) is 2.80. The van der Waals surface area contributed by atoms with Crippen LogP contribution in [0.1, 0.15) is 33.6 Å². The number of aryl methyl sites for hydroxylation is 1. The van der Waals surface area contributed by atoms with E-state index in [0.717, 1.165) is 11.5 Å². The van der Waals surface area contributed by atoms with Crippen molar-refractivity contribution in [3.63, 3.8) is 0 Å². The summed E-state index contributed by atoms with van der Waals surface area (Å²) in [5.41, 5.74) is 0.0900. The molecule has 1 aromatic heterocycles. The SMILES string of the molecule is CCc1oc(C(=O)N2CCSCC2)cc1C(=O)O. The summed E-state index contributed by atoms with van der Waals surface area (Å²) in [5, 5.41) is 9.01. The fourth-order valence-electron chi connectivity index (χ4n) is 1.90. The van der Waals surface area contributed by atoms with Gasteiger partial charge in [-0.05, 0) is 0 Å². The van der Waals surface area contributed by atoms with Gasteiger partial charge in [-0.25, -0.2) is 4.79 Å². The molecule has 0 radical (unpaired) electrons. The Morgan fingerprint density at radius 2 is 2.11 bits per heavy atom. The molecule has 0 saturated carbocycles. The van der Waals surface area contributed by atoms with Crippen LogP contribution in [0, 0.1) is 0 Å². The molecule has 18 heavy (non-hydrogen) atoms. The van der Waals surface area contributed by atoms with Crippen LogP contribution in [0.4, 0.5) is 0 Å². The first-order chi connectivity index (χ1) is 8.63. The van der Waals surface area contributed by atoms with Crippen LogP contribution in [0.3, 0.4) is 0 Å². The van der Waals surface area contributed by atoms with Gasteiger partial charge in [-0.2, -0.15) is 11.8 Å². The van der Waals surface area contributed by atoms with Crippen molar-refractivity contribution in [1.82, 2.24) is 4.90 Å². The lowest BCUT2D eigenvalue weighted by Crippen LogP contribution is -2.37. The summed E-state index contributed by atoms with van der Waals surface area (Å²) in [4.78, 5) is 24.8. The Kier molecular flexibility index (Phi) is 3.96. The number of aromatic carboxylic acids is 1. The highest BCUT2D eigenvalue weighted by atomic mass is 32.2. The van der Waals surface area contributed by atoms with Gasteiger partial charge in [0.2, 0.25) is 0 Å². The molecule has 2 heterocycles. The maximum Gasteiger partial charge on any atom is 0.339 e. The van der Waals surface area contributed by atoms with E-state index in [1.54, 1.807) is 11.8 Å². The normalized spacial score (nSPS) is 15.7. The highest BCUT2D eigenvalue weighted by Gasteiger charge is 2.24. The third-order valence-corrected chi connectivity index (χ3v) is 3.81. The molecule has 0 bridgehead atoms. The molecular formula is C12H15NO4S. The summed E-state index contributed by atoms with van der Waals surface area (Å²) < 4.78 is 5.36. The van der Waals surface area contributed by atoms with E-state index in [4.69, 9.17) is 9.52 Å². The largest absolute Gasteiger partial charge is 0.478 e. The van der Waals surface area contributed by atoms with Gasteiger partial charge in [0.1, 0.15) is 11.3 Å². The van der Waals surface area contributed by atoms with Crippen LogP contribution in [0.5, 0.6) is 0 Å². The first-order valence-corrected chi connectivity index (χ1v) is 7.02. The minimum atomic E-state index is -1.05. The van der Waals surface area contributed by atoms with E-state index in [9.17, 15) is 9.59 Å². The van der Waals surface area contributed by atoms with E-state index in [2.05, 4.69) is 0 Å². The number of hydrogen-bond donors (Lipinski definition) is 1. The molecule has 1 amide bonds. The Morgan fingerprint density at radius 3 is 2.61 bits per heavy atom. The number of nitrogens with zero attached hydrogens (tertiary/aromatic N) is 1. The monoisotopic (exact) mass is 269 g/mol. The molecule has 1 N–H and O–H groups in total. The van der Waals surface area contributed by atoms with Crippen molar-refractivity contribution in [3.05, 3.63) is 23.2 Å². The number of rotatable bonds is 3. The molecule has 0 atom stereocenters. The quantitative estimate of drug-likeness (QED) is 0.904. The van der Waals surface area contributed by atoms with Crippen LogP contribution in [0.15, 0.2) is 10.5 Å². The standard InChI is InChI=1S/C12H15NO4S/c1-2-9-8(12(15)16)7-10(17-9)11(14)13-3-5-18-6-4-13/h7H,2-6H2,1H3,(H,15,16). The van der Waals surface area contributed by atoms with Crippen molar-refractivity contribution >= 4 is 23.6 Å². The van der Waals surface area contributed by atoms with Crippen LogP contribution in [-0.4, -0.2) is 46.5 Å². The maximum atomic E-state index is 12.1. The molecule has 98 valence electrons. The zero-order valence-corrected chi connectivity index (χ0v) is 11.0. The molecule has 5 nitrogen and oxygen atoms in total. The van der Waals surface area contributed by atoms with E-state index >= 15 is 0 Å². The lowest BCUT2D eigenvalue weighted by atomic mass is 10.2. The second kappa shape index (κ2) is 5.48. The zero-order valence-electron chi connectivity index (χ0n) is 10.1. The Balaban J connectivity index is 2.22. The molecule has 0 aromatic carbocycles. The van der Waals surface area contributed by atoms with E-state index in [1.165, 1.54) is 6.07 Å². The van der Waals surface area contributed by atoms with Gasteiger partial charge >= 0.3 is 5.97 Å². The molecular weight excluding hydrogens is 254 g/mol. The van der Waals surface area contributed by atoms with E-state index in [0.29, 0.717) is 25.3 Å². The van der Waals surface area contributed by atoms with Crippen molar-refractivity contribution in [1.29, 1.82) is 0 Å². The van der Waals surface area contributed by atoms with Crippen LogP contribution in [0.2, 0.25) is 0 Å². The van der Waals surface area contributed by atoms with E-state index < -0.39 is 5.97 Å². The Labute approximate surface area is 109 Å². The fraction of sp³-hybridized carbons (Fsp3) is 0.500. The minimum Gasteiger partial charge on any atom is -0.478 e. The van der Waals surface area contributed by atoms with Crippen molar-refractivity contribution < 1.29 is 19.1 Å². The third kappa shape index (κ3) is 2.53. The number of thioether (sulfide) groups is 1.